The summed E-state index contributed by atoms with van der Waals surface area (Å²) in [5.74, 6) is 1.05. The van der Waals surface area contributed by atoms with Gasteiger partial charge in [0.15, 0.2) is 0 Å². The molecule has 3 aromatic rings. The fourth-order valence-corrected chi connectivity index (χ4v) is 3.72. The maximum atomic E-state index is 12.8. The molecule has 0 radical (unpaired) electrons. The molecule has 3 aromatic carbocycles. The summed E-state index contributed by atoms with van der Waals surface area (Å²) in [6, 6.07) is 16.9. The van der Waals surface area contributed by atoms with Gasteiger partial charge >= 0.3 is 0 Å². The molecule has 0 bridgehead atoms. The highest BCUT2D eigenvalue weighted by atomic mass is 16.5. The highest BCUT2D eigenvalue weighted by molar-refractivity contribution is 6.25. The van der Waals surface area contributed by atoms with E-state index in [4.69, 9.17) is 9.47 Å². The van der Waals surface area contributed by atoms with Gasteiger partial charge in [0.2, 0.25) is 5.91 Å². The van der Waals surface area contributed by atoms with Crippen LogP contribution < -0.4 is 19.7 Å². The van der Waals surface area contributed by atoms with Crippen LogP contribution in [0.5, 0.6) is 11.5 Å². The van der Waals surface area contributed by atoms with Gasteiger partial charge in [-0.1, -0.05) is 24.3 Å². The number of rotatable bonds is 7. The van der Waals surface area contributed by atoms with Crippen molar-refractivity contribution >= 4 is 34.0 Å². The first kappa shape index (κ1) is 18.8. The van der Waals surface area contributed by atoms with Crippen molar-refractivity contribution in [3.8, 4) is 11.5 Å². The molecule has 148 valence electrons. The van der Waals surface area contributed by atoms with Crippen molar-refractivity contribution in [1.29, 1.82) is 0 Å². The Morgan fingerprint density at radius 1 is 1.03 bits per heavy atom. The number of benzene rings is 3. The standard InChI is InChI=1S/C23H22N2O4/c1-28-16-11-12-20(29-2)18(14-16)24-21(26)10-5-13-25-19-9-4-7-15-6-3-8-17(22(15)19)23(25)27/h3-4,6-9,11-12,14H,5,10,13H2,1-2H3,(H,24,26). The fourth-order valence-electron chi connectivity index (χ4n) is 3.72. The first-order valence-electron chi connectivity index (χ1n) is 9.48. The van der Waals surface area contributed by atoms with E-state index in [1.807, 2.05) is 36.4 Å². The molecule has 4 rings (SSSR count). The summed E-state index contributed by atoms with van der Waals surface area (Å²) in [5, 5.41) is 4.91. The predicted molar refractivity (Wildman–Crippen MR) is 113 cm³/mol. The van der Waals surface area contributed by atoms with Crippen LogP contribution in [0.2, 0.25) is 0 Å². The third kappa shape index (κ3) is 3.49. The fraction of sp³-hybridized carbons (Fsp3) is 0.217. The zero-order valence-corrected chi connectivity index (χ0v) is 16.4. The minimum atomic E-state index is -0.140. The molecular formula is C23H22N2O4. The van der Waals surface area contributed by atoms with Crippen molar-refractivity contribution in [2.45, 2.75) is 12.8 Å². The molecule has 0 unspecified atom stereocenters. The third-order valence-electron chi connectivity index (χ3n) is 5.12. The summed E-state index contributed by atoms with van der Waals surface area (Å²) in [7, 11) is 3.12. The number of methoxy groups -OCH3 is 2. The summed E-state index contributed by atoms with van der Waals surface area (Å²) in [4.78, 5) is 27.0. The summed E-state index contributed by atoms with van der Waals surface area (Å²) < 4.78 is 10.5. The summed E-state index contributed by atoms with van der Waals surface area (Å²) >= 11 is 0. The second kappa shape index (κ2) is 7.83. The van der Waals surface area contributed by atoms with Gasteiger partial charge in [-0.25, -0.2) is 0 Å². The van der Waals surface area contributed by atoms with E-state index in [1.54, 1.807) is 37.3 Å². The lowest BCUT2D eigenvalue weighted by Gasteiger charge is -2.17. The van der Waals surface area contributed by atoms with Gasteiger partial charge in [0.05, 0.1) is 25.6 Å². The average molecular weight is 390 g/mol. The Balaban J connectivity index is 1.41. The highest BCUT2D eigenvalue weighted by Gasteiger charge is 2.29. The Kier molecular flexibility index (Phi) is 5.08. The molecule has 0 atom stereocenters. The SMILES string of the molecule is COc1ccc(OC)c(NC(=O)CCCN2C(=O)c3cccc4cccc2c34)c1. The van der Waals surface area contributed by atoms with Crippen LogP contribution >= 0.6 is 0 Å². The molecule has 6 nitrogen and oxygen atoms in total. The van der Waals surface area contributed by atoms with Crippen LogP contribution in [0, 0.1) is 0 Å². The van der Waals surface area contributed by atoms with Crippen LogP contribution in [0.4, 0.5) is 11.4 Å². The Labute approximate surface area is 169 Å². The van der Waals surface area contributed by atoms with Gasteiger partial charge in [-0.15, -0.1) is 0 Å². The number of nitrogens with one attached hydrogen (secondary N) is 1. The van der Waals surface area contributed by atoms with Gasteiger partial charge in [-0.2, -0.15) is 0 Å². The van der Waals surface area contributed by atoms with Crippen molar-refractivity contribution in [1.82, 2.24) is 0 Å². The average Bonchev–Trinajstić information content (AvgIpc) is 3.02. The smallest absolute Gasteiger partial charge is 0.258 e. The summed E-state index contributed by atoms with van der Waals surface area (Å²) in [6.07, 6.45) is 0.838. The summed E-state index contributed by atoms with van der Waals surface area (Å²) in [5.41, 5.74) is 2.20. The molecule has 0 fully saturated rings. The number of carbonyl (C=O) groups is 2. The van der Waals surface area contributed by atoms with E-state index >= 15 is 0 Å². The first-order valence-corrected chi connectivity index (χ1v) is 9.48. The Morgan fingerprint density at radius 3 is 2.59 bits per heavy atom. The number of amides is 2. The van der Waals surface area contributed by atoms with Gasteiger partial charge in [-0.05, 0) is 36.1 Å². The molecule has 0 spiro atoms. The molecular weight excluding hydrogens is 368 g/mol. The van der Waals surface area contributed by atoms with E-state index in [0.29, 0.717) is 30.2 Å². The van der Waals surface area contributed by atoms with E-state index in [1.165, 1.54) is 0 Å². The second-order valence-corrected chi connectivity index (χ2v) is 6.86. The van der Waals surface area contributed by atoms with Gasteiger partial charge in [-0.3, -0.25) is 9.59 Å². The van der Waals surface area contributed by atoms with Crippen molar-refractivity contribution in [3.05, 3.63) is 60.2 Å². The Morgan fingerprint density at radius 2 is 1.83 bits per heavy atom. The van der Waals surface area contributed by atoms with Gasteiger partial charge in [0.1, 0.15) is 11.5 Å². The topological polar surface area (TPSA) is 67.9 Å². The van der Waals surface area contributed by atoms with Crippen LogP contribution in [0.3, 0.4) is 0 Å². The minimum absolute atomic E-state index is 0.00771. The van der Waals surface area contributed by atoms with Crippen LogP contribution in [0.25, 0.3) is 10.8 Å². The van der Waals surface area contributed by atoms with Crippen LogP contribution in [0.15, 0.2) is 54.6 Å². The van der Waals surface area contributed by atoms with Crippen LogP contribution in [-0.4, -0.2) is 32.6 Å². The number of hydrogen-bond acceptors (Lipinski definition) is 4. The molecule has 1 aliphatic heterocycles. The van der Waals surface area contributed by atoms with E-state index < -0.39 is 0 Å². The Hall–Kier alpha value is -3.54. The van der Waals surface area contributed by atoms with Crippen LogP contribution in [0.1, 0.15) is 23.2 Å². The van der Waals surface area contributed by atoms with Crippen molar-refractivity contribution in [2.75, 3.05) is 31.0 Å². The third-order valence-corrected chi connectivity index (χ3v) is 5.12. The number of hydrogen-bond donors (Lipinski definition) is 1. The molecule has 29 heavy (non-hydrogen) atoms. The highest BCUT2D eigenvalue weighted by Crippen LogP contribution is 2.37. The zero-order chi connectivity index (χ0) is 20.4. The lowest BCUT2D eigenvalue weighted by atomic mass is 10.1. The van der Waals surface area contributed by atoms with Crippen molar-refractivity contribution in [3.63, 3.8) is 0 Å². The molecule has 0 saturated heterocycles. The van der Waals surface area contributed by atoms with E-state index in [-0.39, 0.29) is 18.2 Å². The zero-order valence-electron chi connectivity index (χ0n) is 16.4. The minimum Gasteiger partial charge on any atom is -0.497 e. The molecule has 6 heteroatoms. The lowest BCUT2D eigenvalue weighted by molar-refractivity contribution is -0.116. The molecule has 2 amide bonds. The normalized spacial score (nSPS) is 12.3. The molecule has 0 aromatic heterocycles. The molecule has 1 heterocycles. The van der Waals surface area contributed by atoms with Crippen LogP contribution in [-0.2, 0) is 4.79 Å². The molecule has 0 aliphatic carbocycles. The van der Waals surface area contributed by atoms with Gasteiger partial charge in [0.25, 0.3) is 5.91 Å². The largest absolute Gasteiger partial charge is 0.497 e. The second-order valence-electron chi connectivity index (χ2n) is 6.86. The van der Waals surface area contributed by atoms with Crippen molar-refractivity contribution < 1.29 is 19.1 Å². The quantitative estimate of drug-likeness (QED) is 0.655. The lowest BCUT2D eigenvalue weighted by Crippen LogP contribution is -2.28. The molecule has 0 saturated carbocycles. The maximum absolute atomic E-state index is 12.8. The maximum Gasteiger partial charge on any atom is 0.258 e. The summed E-state index contributed by atoms with van der Waals surface area (Å²) in [6.45, 7) is 0.481. The van der Waals surface area contributed by atoms with E-state index in [0.717, 1.165) is 22.0 Å². The molecule has 1 aliphatic rings. The number of carbonyl (C=O) groups excluding carboxylic acids is 2. The monoisotopic (exact) mass is 390 g/mol. The number of anilines is 2. The first-order chi connectivity index (χ1) is 14.1. The van der Waals surface area contributed by atoms with Gasteiger partial charge < -0.3 is 19.7 Å². The van der Waals surface area contributed by atoms with Crippen molar-refractivity contribution in [2.24, 2.45) is 0 Å². The van der Waals surface area contributed by atoms with E-state index in [9.17, 15) is 9.59 Å². The Bertz CT molecular complexity index is 1090. The number of nitrogens with zero attached hydrogens (tertiary/aromatic N) is 1. The predicted octanol–water partition coefficient (Wildman–Crippen LogP) is 4.24. The van der Waals surface area contributed by atoms with E-state index in [2.05, 4.69) is 5.32 Å². The number of ether oxygens (including phenoxy) is 2. The van der Waals surface area contributed by atoms with Gasteiger partial charge in [0, 0.05) is 30.0 Å². The molecule has 1 N–H and O–H groups in total.